The lowest BCUT2D eigenvalue weighted by molar-refractivity contribution is -0.126. The maximum atomic E-state index is 12.5. The van der Waals surface area contributed by atoms with E-state index in [1.807, 2.05) is 73.7 Å². The fourth-order valence-corrected chi connectivity index (χ4v) is 3.27. The van der Waals surface area contributed by atoms with Crippen LogP contribution in [-0.2, 0) is 4.79 Å². The minimum absolute atomic E-state index is 0.00805. The number of benzene rings is 2. The minimum atomic E-state index is -0.00805. The summed E-state index contributed by atoms with van der Waals surface area (Å²) in [5, 5.41) is 3.11. The third-order valence-corrected chi connectivity index (χ3v) is 4.96. The highest BCUT2D eigenvalue weighted by Crippen LogP contribution is 2.26. The molecule has 0 aliphatic carbocycles. The lowest BCUT2D eigenvalue weighted by Crippen LogP contribution is -2.54. The van der Waals surface area contributed by atoms with E-state index in [4.69, 9.17) is 0 Å². The average molecular weight is 358 g/mol. The van der Waals surface area contributed by atoms with Crippen molar-refractivity contribution in [1.82, 2.24) is 15.3 Å². The fraction of sp³-hybridized carbons (Fsp3) is 0.227. The molecule has 1 atom stereocenters. The maximum Gasteiger partial charge on any atom is 0.227 e. The molecule has 0 unspecified atom stereocenters. The Kier molecular flexibility index (Phi) is 4.83. The molecule has 1 amide bonds. The molecule has 1 aliphatic heterocycles. The number of hydrogen-bond donors (Lipinski definition) is 1. The smallest absolute Gasteiger partial charge is 0.227 e. The summed E-state index contributed by atoms with van der Waals surface area (Å²) >= 11 is 0. The second-order valence-electron chi connectivity index (χ2n) is 6.87. The van der Waals surface area contributed by atoms with Crippen LogP contribution < -0.4 is 10.2 Å². The molecule has 1 saturated heterocycles. The van der Waals surface area contributed by atoms with Crippen molar-refractivity contribution in [2.75, 3.05) is 18.0 Å². The Bertz CT molecular complexity index is 908. The largest absolute Gasteiger partial charge is 0.355 e. The molecule has 5 nitrogen and oxygen atoms in total. The van der Waals surface area contributed by atoms with E-state index in [1.54, 1.807) is 6.33 Å². The van der Waals surface area contributed by atoms with E-state index in [2.05, 4.69) is 20.2 Å². The van der Waals surface area contributed by atoms with Gasteiger partial charge in [0.05, 0.1) is 17.7 Å². The summed E-state index contributed by atoms with van der Waals surface area (Å²) < 4.78 is 0. The molecule has 0 radical (unpaired) electrons. The first kappa shape index (κ1) is 17.2. The number of nitrogens with one attached hydrogen (secondary N) is 1. The zero-order valence-corrected chi connectivity index (χ0v) is 15.2. The lowest BCUT2D eigenvalue weighted by atomic mass is 9.98. The first-order valence-corrected chi connectivity index (χ1v) is 9.18. The normalized spacial score (nSPS) is 15.1. The number of hydrogen-bond acceptors (Lipinski definition) is 4. The van der Waals surface area contributed by atoms with Crippen LogP contribution in [0, 0.1) is 5.92 Å². The monoisotopic (exact) mass is 358 g/mol. The maximum absolute atomic E-state index is 12.5. The highest BCUT2D eigenvalue weighted by atomic mass is 16.2. The molecular formula is C22H22N4O. The fourth-order valence-electron chi connectivity index (χ4n) is 3.27. The van der Waals surface area contributed by atoms with E-state index >= 15 is 0 Å². The minimum Gasteiger partial charge on any atom is -0.355 e. The van der Waals surface area contributed by atoms with E-state index in [-0.39, 0.29) is 17.9 Å². The second kappa shape index (κ2) is 7.58. The molecule has 0 bridgehead atoms. The Hall–Kier alpha value is -3.21. The quantitative estimate of drug-likeness (QED) is 0.759. The molecule has 5 heteroatoms. The van der Waals surface area contributed by atoms with Gasteiger partial charge in [0.1, 0.15) is 12.1 Å². The van der Waals surface area contributed by atoms with Crippen LogP contribution in [0.25, 0.3) is 11.3 Å². The number of rotatable bonds is 5. The molecule has 0 saturated carbocycles. The van der Waals surface area contributed by atoms with Gasteiger partial charge in [-0.3, -0.25) is 4.79 Å². The number of anilines is 1. The summed E-state index contributed by atoms with van der Waals surface area (Å²) in [6.07, 6.45) is 1.59. The second-order valence-corrected chi connectivity index (χ2v) is 6.87. The van der Waals surface area contributed by atoms with Crippen LogP contribution in [-0.4, -0.2) is 29.0 Å². The molecule has 0 spiro atoms. The van der Waals surface area contributed by atoms with Gasteiger partial charge in [0.25, 0.3) is 0 Å². The van der Waals surface area contributed by atoms with Crippen molar-refractivity contribution in [3.63, 3.8) is 0 Å². The number of carbonyl (C=O) groups is 1. The molecule has 3 aromatic rings. The molecule has 1 aromatic heterocycles. The van der Waals surface area contributed by atoms with Crippen molar-refractivity contribution in [3.8, 4) is 11.3 Å². The van der Waals surface area contributed by atoms with Crippen LogP contribution in [0.5, 0.6) is 0 Å². The summed E-state index contributed by atoms with van der Waals surface area (Å²) in [7, 11) is 0. The van der Waals surface area contributed by atoms with Crippen molar-refractivity contribution >= 4 is 11.7 Å². The van der Waals surface area contributed by atoms with Crippen molar-refractivity contribution in [3.05, 3.63) is 78.6 Å². The van der Waals surface area contributed by atoms with Gasteiger partial charge in [-0.1, -0.05) is 60.7 Å². The van der Waals surface area contributed by atoms with Crippen molar-refractivity contribution in [1.29, 1.82) is 0 Å². The van der Waals surface area contributed by atoms with Gasteiger partial charge in [0.15, 0.2) is 0 Å². The van der Waals surface area contributed by atoms with Crippen molar-refractivity contribution in [2.24, 2.45) is 5.92 Å². The number of nitrogens with zero attached hydrogens (tertiary/aromatic N) is 3. The molecule has 1 fully saturated rings. The Morgan fingerprint density at radius 1 is 1.04 bits per heavy atom. The summed E-state index contributed by atoms with van der Waals surface area (Å²) in [5.74, 6) is 0.954. The SMILES string of the molecule is C[C@@H](NC(=O)C1CN(c2cc(-c3ccccc3)ncn2)C1)c1ccccc1. The Labute approximate surface area is 159 Å². The highest BCUT2D eigenvalue weighted by Gasteiger charge is 2.34. The van der Waals surface area contributed by atoms with Crippen LogP contribution in [0.3, 0.4) is 0 Å². The van der Waals surface area contributed by atoms with Crippen molar-refractivity contribution in [2.45, 2.75) is 13.0 Å². The summed E-state index contributed by atoms with van der Waals surface area (Å²) in [4.78, 5) is 23.4. The topological polar surface area (TPSA) is 58.1 Å². The molecule has 1 aliphatic rings. The highest BCUT2D eigenvalue weighted by molar-refractivity contribution is 5.82. The van der Waals surface area contributed by atoms with Crippen LogP contribution in [0.1, 0.15) is 18.5 Å². The van der Waals surface area contributed by atoms with Crippen molar-refractivity contribution < 1.29 is 4.79 Å². The zero-order valence-electron chi connectivity index (χ0n) is 15.2. The van der Waals surface area contributed by atoms with E-state index in [0.717, 1.165) is 22.6 Å². The van der Waals surface area contributed by atoms with Gasteiger partial charge in [-0.2, -0.15) is 0 Å². The van der Waals surface area contributed by atoms with E-state index in [0.29, 0.717) is 13.1 Å². The van der Waals surface area contributed by atoms with Crippen LogP contribution in [0.2, 0.25) is 0 Å². The summed E-state index contributed by atoms with van der Waals surface area (Å²) in [6.45, 7) is 3.37. The van der Waals surface area contributed by atoms with E-state index < -0.39 is 0 Å². The average Bonchev–Trinajstić information content (AvgIpc) is 2.68. The number of carbonyl (C=O) groups excluding carboxylic acids is 1. The van der Waals surface area contributed by atoms with Crippen LogP contribution >= 0.6 is 0 Å². The van der Waals surface area contributed by atoms with Gasteiger partial charge in [-0.15, -0.1) is 0 Å². The first-order valence-electron chi connectivity index (χ1n) is 9.18. The predicted molar refractivity (Wildman–Crippen MR) is 106 cm³/mol. The van der Waals surface area contributed by atoms with Crippen LogP contribution in [0.15, 0.2) is 73.1 Å². The first-order chi connectivity index (χ1) is 13.2. The molecule has 2 aromatic carbocycles. The predicted octanol–water partition coefficient (Wildman–Crippen LogP) is 3.46. The van der Waals surface area contributed by atoms with E-state index in [9.17, 15) is 4.79 Å². The van der Waals surface area contributed by atoms with Gasteiger partial charge in [-0.25, -0.2) is 9.97 Å². The standard InChI is InChI=1S/C22H22N4O/c1-16(17-8-4-2-5-9-17)25-22(27)19-13-26(14-19)21-12-20(23-15-24-21)18-10-6-3-7-11-18/h2-12,15-16,19H,13-14H2,1H3,(H,25,27)/t16-/m1/s1. The molecule has 27 heavy (non-hydrogen) atoms. The molecule has 1 N–H and O–H groups in total. The molecule has 2 heterocycles. The third-order valence-electron chi connectivity index (χ3n) is 4.96. The van der Waals surface area contributed by atoms with Crippen LogP contribution in [0.4, 0.5) is 5.82 Å². The van der Waals surface area contributed by atoms with Gasteiger partial charge >= 0.3 is 0 Å². The lowest BCUT2D eigenvalue weighted by Gasteiger charge is -2.39. The Morgan fingerprint density at radius 3 is 2.41 bits per heavy atom. The van der Waals surface area contributed by atoms with Gasteiger partial charge in [0.2, 0.25) is 5.91 Å². The Balaban J connectivity index is 1.36. The summed E-state index contributed by atoms with van der Waals surface area (Å²) in [5.41, 5.74) is 3.07. The van der Waals surface area contributed by atoms with Gasteiger partial charge in [-0.05, 0) is 12.5 Å². The zero-order chi connectivity index (χ0) is 18.6. The summed E-state index contributed by atoms with van der Waals surface area (Å²) in [6, 6.07) is 22.1. The molecule has 136 valence electrons. The molecular weight excluding hydrogens is 336 g/mol. The molecule has 4 rings (SSSR count). The van der Waals surface area contributed by atoms with E-state index in [1.165, 1.54) is 0 Å². The third kappa shape index (κ3) is 3.82. The number of aromatic nitrogens is 2. The Morgan fingerprint density at radius 2 is 1.70 bits per heavy atom. The van der Waals surface area contributed by atoms with Gasteiger partial charge in [0, 0.05) is 24.7 Å². The number of amides is 1. The van der Waals surface area contributed by atoms with Gasteiger partial charge < -0.3 is 10.2 Å².